The summed E-state index contributed by atoms with van der Waals surface area (Å²) in [7, 11) is -1.21. The highest BCUT2D eigenvalue weighted by molar-refractivity contribution is 7.90. The smallest absolute Gasteiger partial charge is 0.406 e. The maximum atomic E-state index is 12.6. The largest absolute Gasteiger partial charge is 0.573 e. The summed E-state index contributed by atoms with van der Waals surface area (Å²) in [4.78, 5) is 21.6. The van der Waals surface area contributed by atoms with Crippen molar-refractivity contribution >= 4 is 59.3 Å². The fourth-order valence-corrected chi connectivity index (χ4v) is 5.27. The SMILES string of the molecule is Cn1c(Nc2nc3ccc(OC(F)(F)F)cc3s2)nc2cc(C(=O)CCCOCCCS(C)(=O)=O)ccc21. The Morgan fingerprint density at radius 3 is 2.58 bits per heavy atom. The Labute approximate surface area is 220 Å². The number of fused-ring (bicyclic) bond motifs is 2. The highest BCUT2D eigenvalue weighted by Gasteiger charge is 2.31. The molecule has 2 aromatic heterocycles. The fraction of sp³-hybridized carbons (Fsp3) is 0.375. The molecular formula is C24H25F3N4O5S2. The van der Waals surface area contributed by atoms with E-state index >= 15 is 0 Å². The molecule has 4 rings (SSSR count). The lowest BCUT2D eigenvalue weighted by atomic mass is 10.1. The van der Waals surface area contributed by atoms with Crippen molar-refractivity contribution < 1.29 is 35.9 Å². The third-order valence-corrected chi connectivity index (χ3v) is 7.48. The van der Waals surface area contributed by atoms with Gasteiger partial charge in [0.05, 0.1) is 27.0 Å². The van der Waals surface area contributed by atoms with Crippen molar-refractivity contribution in [1.29, 1.82) is 0 Å². The van der Waals surface area contributed by atoms with E-state index in [1.165, 1.54) is 24.5 Å². The second kappa shape index (κ2) is 11.3. The number of nitrogens with zero attached hydrogens (tertiary/aromatic N) is 3. The van der Waals surface area contributed by atoms with Crippen LogP contribution in [0.15, 0.2) is 36.4 Å². The number of anilines is 2. The second-order valence-electron chi connectivity index (χ2n) is 8.64. The number of sulfone groups is 1. The van der Waals surface area contributed by atoms with Crippen LogP contribution in [0, 0.1) is 0 Å². The van der Waals surface area contributed by atoms with E-state index in [0.717, 1.165) is 16.9 Å². The number of imidazole rings is 1. The molecule has 0 fully saturated rings. The standard InChI is InChI=1S/C24H25F3N4O5S2/c1-31-19-9-6-15(20(32)5-3-10-35-11-4-12-38(2,33)34)13-18(19)28-22(31)30-23-29-17-8-7-16(14-21(17)37-23)36-24(25,26)27/h6-9,13-14H,3-5,10-12H2,1-2H3,(H,28,29,30). The number of alkyl halides is 3. The summed E-state index contributed by atoms with van der Waals surface area (Å²) in [5.74, 6) is 0.148. The average Bonchev–Trinajstić information content (AvgIpc) is 3.36. The zero-order valence-electron chi connectivity index (χ0n) is 20.5. The first-order valence-electron chi connectivity index (χ1n) is 11.6. The Balaban J connectivity index is 1.38. The van der Waals surface area contributed by atoms with Gasteiger partial charge in [0.2, 0.25) is 5.95 Å². The first-order valence-corrected chi connectivity index (χ1v) is 14.4. The molecule has 38 heavy (non-hydrogen) atoms. The fourth-order valence-electron chi connectivity index (χ4n) is 3.74. The molecule has 0 unspecified atom stereocenters. The van der Waals surface area contributed by atoms with E-state index in [0.29, 0.717) is 58.4 Å². The van der Waals surface area contributed by atoms with Crippen molar-refractivity contribution in [2.75, 3.05) is 30.5 Å². The van der Waals surface area contributed by atoms with Crippen LogP contribution in [0.25, 0.3) is 21.3 Å². The predicted molar refractivity (Wildman–Crippen MR) is 139 cm³/mol. The molecule has 1 N–H and O–H groups in total. The Bertz CT molecular complexity index is 1560. The van der Waals surface area contributed by atoms with E-state index in [4.69, 9.17) is 4.74 Å². The zero-order chi connectivity index (χ0) is 27.5. The Hall–Kier alpha value is -3.23. The number of thiazole rings is 1. The number of nitrogens with one attached hydrogen (secondary N) is 1. The summed E-state index contributed by atoms with van der Waals surface area (Å²) in [5.41, 5.74) is 2.40. The number of ketones is 1. The number of carbonyl (C=O) groups excluding carboxylic acids is 1. The Morgan fingerprint density at radius 2 is 1.84 bits per heavy atom. The van der Waals surface area contributed by atoms with Crippen LogP contribution < -0.4 is 10.1 Å². The van der Waals surface area contributed by atoms with Gasteiger partial charge in [0.25, 0.3) is 0 Å². The molecule has 0 amide bonds. The Kier molecular flexibility index (Phi) is 8.23. The van der Waals surface area contributed by atoms with Gasteiger partial charge in [0, 0.05) is 44.6 Å². The van der Waals surface area contributed by atoms with E-state index in [-0.39, 0.29) is 23.7 Å². The molecule has 0 aliphatic heterocycles. The van der Waals surface area contributed by atoms with E-state index in [9.17, 15) is 26.4 Å². The Morgan fingerprint density at radius 1 is 1.08 bits per heavy atom. The maximum absolute atomic E-state index is 12.6. The summed E-state index contributed by atoms with van der Waals surface area (Å²) >= 11 is 1.16. The van der Waals surface area contributed by atoms with Gasteiger partial charge in [0.15, 0.2) is 10.9 Å². The molecule has 2 heterocycles. The van der Waals surface area contributed by atoms with Crippen molar-refractivity contribution in [2.45, 2.75) is 25.6 Å². The van der Waals surface area contributed by atoms with Gasteiger partial charge < -0.3 is 19.4 Å². The van der Waals surface area contributed by atoms with Crippen LogP contribution in [0.2, 0.25) is 0 Å². The number of halogens is 3. The van der Waals surface area contributed by atoms with E-state index in [1.807, 2.05) is 0 Å². The lowest BCUT2D eigenvalue weighted by molar-refractivity contribution is -0.274. The maximum Gasteiger partial charge on any atom is 0.573 e. The van der Waals surface area contributed by atoms with Crippen LogP contribution in [0.4, 0.5) is 24.3 Å². The number of hydrogen-bond donors (Lipinski definition) is 1. The molecule has 14 heteroatoms. The molecule has 9 nitrogen and oxygen atoms in total. The van der Waals surface area contributed by atoms with E-state index in [2.05, 4.69) is 20.0 Å². The number of ether oxygens (including phenoxy) is 2. The molecule has 2 aromatic carbocycles. The molecule has 0 atom stereocenters. The highest BCUT2D eigenvalue weighted by atomic mass is 32.2. The molecule has 0 saturated heterocycles. The molecule has 0 aliphatic rings. The third kappa shape index (κ3) is 7.42. The number of carbonyl (C=O) groups is 1. The summed E-state index contributed by atoms with van der Waals surface area (Å²) < 4.78 is 71.4. The summed E-state index contributed by atoms with van der Waals surface area (Å²) in [6.45, 7) is 0.690. The lowest BCUT2D eigenvalue weighted by Crippen LogP contribution is -2.16. The molecule has 204 valence electrons. The summed E-state index contributed by atoms with van der Waals surface area (Å²) in [6.07, 6.45) is -2.38. The van der Waals surface area contributed by atoms with Gasteiger partial charge in [-0.15, -0.1) is 13.2 Å². The predicted octanol–water partition coefficient (Wildman–Crippen LogP) is 5.24. The normalized spacial score (nSPS) is 12.3. The quantitative estimate of drug-likeness (QED) is 0.182. The second-order valence-corrected chi connectivity index (χ2v) is 11.9. The zero-order valence-corrected chi connectivity index (χ0v) is 22.2. The number of aryl methyl sites for hydroxylation is 1. The van der Waals surface area contributed by atoms with Crippen molar-refractivity contribution in [1.82, 2.24) is 14.5 Å². The van der Waals surface area contributed by atoms with Crippen molar-refractivity contribution in [3.05, 3.63) is 42.0 Å². The molecular weight excluding hydrogens is 545 g/mol. The van der Waals surface area contributed by atoms with Crippen LogP contribution in [0.1, 0.15) is 29.6 Å². The monoisotopic (exact) mass is 570 g/mol. The number of rotatable bonds is 12. The van der Waals surface area contributed by atoms with E-state index < -0.39 is 16.2 Å². The van der Waals surface area contributed by atoms with Crippen LogP contribution in [-0.2, 0) is 21.6 Å². The van der Waals surface area contributed by atoms with Gasteiger partial charge in [-0.05, 0) is 43.2 Å². The molecule has 0 radical (unpaired) electrons. The van der Waals surface area contributed by atoms with Crippen LogP contribution >= 0.6 is 11.3 Å². The minimum atomic E-state index is -4.78. The molecule has 0 aliphatic carbocycles. The van der Waals surface area contributed by atoms with Gasteiger partial charge >= 0.3 is 6.36 Å². The van der Waals surface area contributed by atoms with Gasteiger partial charge in [0.1, 0.15) is 15.6 Å². The average molecular weight is 571 g/mol. The van der Waals surface area contributed by atoms with Gasteiger partial charge in [-0.3, -0.25) is 4.79 Å². The molecule has 0 spiro atoms. The highest BCUT2D eigenvalue weighted by Crippen LogP contribution is 2.33. The number of hydrogen-bond acceptors (Lipinski definition) is 9. The minimum absolute atomic E-state index is 0.0603. The third-order valence-electron chi connectivity index (χ3n) is 5.51. The van der Waals surface area contributed by atoms with Gasteiger partial charge in [-0.1, -0.05) is 11.3 Å². The van der Waals surface area contributed by atoms with Gasteiger partial charge in [-0.25, -0.2) is 18.4 Å². The van der Waals surface area contributed by atoms with Crippen molar-refractivity contribution in [2.24, 2.45) is 7.05 Å². The molecule has 0 bridgehead atoms. The number of benzene rings is 2. The summed E-state index contributed by atoms with van der Waals surface area (Å²) in [5, 5.41) is 3.53. The minimum Gasteiger partial charge on any atom is -0.406 e. The van der Waals surface area contributed by atoms with Crippen LogP contribution in [0.5, 0.6) is 5.75 Å². The van der Waals surface area contributed by atoms with Gasteiger partial charge in [-0.2, -0.15) is 0 Å². The van der Waals surface area contributed by atoms with Crippen LogP contribution in [0.3, 0.4) is 0 Å². The number of aromatic nitrogens is 3. The van der Waals surface area contributed by atoms with Crippen molar-refractivity contribution in [3.63, 3.8) is 0 Å². The molecule has 4 aromatic rings. The number of Topliss-reactive ketones (excluding diaryl/α,β-unsaturated/α-hetero) is 1. The lowest BCUT2D eigenvalue weighted by Gasteiger charge is -2.07. The first-order chi connectivity index (χ1) is 17.9. The first kappa shape index (κ1) is 27.8. The topological polar surface area (TPSA) is 112 Å². The van der Waals surface area contributed by atoms with E-state index in [1.54, 1.807) is 29.8 Å². The van der Waals surface area contributed by atoms with Crippen LogP contribution in [-0.4, -0.2) is 60.3 Å². The molecule has 0 saturated carbocycles. The van der Waals surface area contributed by atoms with Crippen molar-refractivity contribution in [3.8, 4) is 5.75 Å². The summed E-state index contributed by atoms with van der Waals surface area (Å²) in [6, 6.07) is 9.16.